The molecule has 2 aromatic carbocycles. The molecule has 0 fully saturated rings. The maximum atomic E-state index is 12.4. The summed E-state index contributed by atoms with van der Waals surface area (Å²) in [5, 5.41) is 8.85. The Morgan fingerprint density at radius 2 is 1.70 bits per heavy atom. The van der Waals surface area contributed by atoms with Gasteiger partial charge in [0, 0.05) is 16.8 Å². The lowest BCUT2D eigenvalue weighted by molar-refractivity contribution is 0.0842. The van der Waals surface area contributed by atoms with E-state index in [9.17, 15) is 9.59 Å². The molecule has 0 bridgehead atoms. The molecule has 134 valence electrons. The number of aromatic nitrogens is 1. The summed E-state index contributed by atoms with van der Waals surface area (Å²) in [6.45, 7) is 0. The van der Waals surface area contributed by atoms with Crippen LogP contribution in [-0.2, 0) is 5.75 Å². The van der Waals surface area contributed by atoms with Crippen molar-refractivity contribution in [2.24, 2.45) is 0 Å². The van der Waals surface area contributed by atoms with E-state index >= 15 is 0 Å². The third-order valence-electron chi connectivity index (χ3n) is 3.74. The van der Waals surface area contributed by atoms with Gasteiger partial charge in [-0.3, -0.25) is 20.4 Å². The maximum Gasteiger partial charge on any atom is 0.286 e. The summed E-state index contributed by atoms with van der Waals surface area (Å²) in [5.41, 5.74) is 7.32. The quantitative estimate of drug-likeness (QED) is 0.470. The first-order valence-electron chi connectivity index (χ1n) is 8.12. The lowest BCUT2D eigenvalue weighted by Gasteiger charge is -2.10. The molecule has 27 heavy (non-hydrogen) atoms. The fourth-order valence-corrected chi connectivity index (χ4v) is 3.34. The van der Waals surface area contributed by atoms with Crippen LogP contribution in [0.1, 0.15) is 32.0 Å². The topological polar surface area (TPSA) is 97.8 Å². The molecular formula is C20H16N4O2S. The number of benzene rings is 2. The van der Waals surface area contributed by atoms with Gasteiger partial charge in [0.15, 0.2) is 0 Å². The Bertz CT molecular complexity index is 976. The van der Waals surface area contributed by atoms with E-state index in [1.165, 1.54) is 11.8 Å². The van der Waals surface area contributed by atoms with Crippen LogP contribution in [-0.4, -0.2) is 16.8 Å². The van der Waals surface area contributed by atoms with Crippen molar-refractivity contribution in [3.05, 3.63) is 89.2 Å². The fraction of sp³-hybridized carbons (Fsp3) is 0.0500. The largest absolute Gasteiger partial charge is 0.357 e. The molecule has 0 atom stereocenters. The number of nitriles is 1. The Kier molecular flexibility index (Phi) is 5.92. The minimum atomic E-state index is -0.420. The minimum Gasteiger partial charge on any atom is -0.357 e. The van der Waals surface area contributed by atoms with Crippen molar-refractivity contribution in [2.75, 3.05) is 0 Å². The van der Waals surface area contributed by atoms with Gasteiger partial charge in [-0.05, 0) is 42.0 Å². The minimum absolute atomic E-state index is 0.360. The summed E-state index contributed by atoms with van der Waals surface area (Å²) in [6, 6.07) is 19.9. The third-order valence-corrected chi connectivity index (χ3v) is 4.89. The highest BCUT2D eigenvalue weighted by atomic mass is 32.2. The van der Waals surface area contributed by atoms with Crippen molar-refractivity contribution >= 4 is 23.6 Å². The summed E-state index contributed by atoms with van der Waals surface area (Å²) < 4.78 is 0. The Hall–Kier alpha value is -3.50. The van der Waals surface area contributed by atoms with Crippen molar-refractivity contribution in [1.82, 2.24) is 15.8 Å². The van der Waals surface area contributed by atoms with Crippen molar-refractivity contribution in [1.29, 1.82) is 5.26 Å². The van der Waals surface area contributed by atoms with Crippen LogP contribution in [0.25, 0.3) is 0 Å². The number of carbonyl (C=O) groups is 2. The number of nitrogens with zero attached hydrogens (tertiary/aromatic N) is 1. The smallest absolute Gasteiger partial charge is 0.286 e. The number of H-pyrrole nitrogens is 1. The number of nitrogens with one attached hydrogen (secondary N) is 3. The van der Waals surface area contributed by atoms with Gasteiger partial charge in [0.1, 0.15) is 5.69 Å². The first kappa shape index (κ1) is 18.3. The molecule has 0 unspecified atom stereocenters. The molecule has 0 saturated carbocycles. The van der Waals surface area contributed by atoms with Gasteiger partial charge in [-0.25, -0.2) is 0 Å². The molecule has 0 saturated heterocycles. The molecule has 0 aliphatic carbocycles. The van der Waals surface area contributed by atoms with E-state index in [2.05, 4.69) is 21.9 Å². The van der Waals surface area contributed by atoms with Gasteiger partial charge in [-0.15, -0.1) is 11.8 Å². The zero-order chi connectivity index (χ0) is 19.1. The second-order valence-electron chi connectivity index (χ2n) is 5.59. The highest BCUT2D eigenvalue weighted by Crippen LogP contribution is 2.26. The number of rotatable bonds is 5. The zero-order valence-electron chi connectivity index (χ0n) is 14.2. The summed E-state index contributed by atoms with van der Waals surface area (Å²) in [7, 11) is 0. The van der Waals surface area contributed by atoms with E-state index in [1.807, 2.05) is 24.3 Å². The predicted molar refractivity (Wildman–Crippen MR) is 103 cm³/mol. The number of hydrogen-bond donors (Lipinski definition) is 3. The fourth-order valence-electron chi connectivity index (χ4n) is 2.34. The van der Waals surface area contributed by atoms with E-state index in [-0.39, 0.29) is 0 Å². The van der Waals surface area contributed by atoms with E-state index < -0.39 is 11.8 Å². The second kappa shape index (κ2) is 8.74. The van der Waals surface area contributed by atoms with Crippen LogP contribution in [0.15, 0.2) is 71.8 Å². The molecule has 0 aliphatic heterocycles. The molecule has 3 aromatic rings. The van der Waals surface area contributed by atoms with Gasteiger partial charge in [0.05, 0.1) is 17.2 Å². The average Bonchev–Trinajstić information content (AvgIpc) is 3.26. The molecule has 1 heterocycles. The Balaban J connectivity index is 1.63. The van der Waals surface area contributed by atoms with Crippen LogP contribution in [0, 0.1) is 11.3 Å². The molecule has 1 aromatic heterocycles. The highest BCUT2D eigenvalue weighted by molar-refractivity contribution is 7.98. The van der Waals surface area contributed by atoms with Gasteiger partial charge in [0.2, 0.25) is 0 Å². The van der Waals surface area contributed by atoms with Crippen LogP contribution < -0.4 is 10.9 Å². The number of hydrazine groups is 1. The normalized spacial score (nSPS) is 10.0. The van der Waals surface area contributed by atoms with E-state index in [0.29, 0.717) is 22.6 Å². The van der Waals surface area contributed by atoms with Crippen molar-refractivity contribution in [3.63, 3.8) is 0 Å². The number of hydrogen-bond acceptors (Lipinski definition) is 4. The molecule has 3 rings (SSSR count). The summed E-state index contributed by atoms with van der Waals surface area (Å²) in [6.07, 6.45) is 1.63. The van der Waals surface area contributed by atoms with Crippen molar-refractivity contribution in [3.8, 4) is 6.07 Å². The number of aromatic amines is 1. The number of carbonyl (C=O) groups excluding carboxylic acids is 2. The Labute approximate surface area is 160 Å². The molecule has 0 spiro atoms. The van der Waals surface area contributed by atoms with Crippen LogP contribution in [0.5, 0.6) is 0 Å². The molecule has 0 aliphatic rings. The molecule has 2 amide bonds. The third kappa shape index (κ3) is 4.77. The summed E-state index contributed by atoms with van der Waals surface area (Å²) in [4.78, 5) is 27.9. The van der Waals surface area contributed by atoms with Crippen LogP contribution in [0.2, 0.25) is 0 Å². The monoisotopic (exact) mass is 376 g/mol. The average molecular weight is 376 g/mol. The molecule has 3 N–H and O–H groups in total. The maximum absolute atomic E-state index is 12.4. The molecule has 0 radical (unpaired) electrons. The van der Waals surface area contributed by atoms with Gasteiger partial charge >= 0.3 is 0 Å². The van der Waals surface area contributed by atoms with E-state index in [0.717, 1.165) is 10.5 Å². The predicted octanol–water partition coefficient (Wildman–Crippen LogP) is 3.25. The molecule has 7 heteroatoms. The van der Waals surface area contributed by atoms with Crippen LogP contribution in [0.3, 0.4) is 0 Å². The second-order valence-corrected chi connectivity index (χ2v) is 6.60. The standard InChI is InChI=1S/C20H16N4O2S/c21-12-14-7-9-15(10-8-14)13-27-18-6-2-1-4-16(18)19(25)23-24-20(26)17-5-3-11-22-17/h1-11,22H,13H2,(H,23,25)(H,24,26). The number of amides is 2. The van der Waals surface area contributed by atoms with Crippen LogP contribution >= 0.6 is 11.8 Å². The van der Waals surface area contributed by atoms with Crippen molar-refractivity contribution < 1.29 is 9.59 Å². The number of thioether (sulfide) groups is 1. The van der Waals surface area contributed by atoms with Crippen LogP contribution in [0.4, 0.5) is 0 Å². The highest BCUT2D eigenvalue weighted by Gasteiger charge is 2.13. The van der Waals surface area contributed by atoms with Crippen molar-refractivity contribution in [2.45, 2.75) is 10.6 Å². The lowest BCUT2D eigenvalue weighted by atomic mass is 10.2. The Morgan fingerprint density at radius 1 is 0.963 bits per heavy atom. The summed E-state index contributed by atoms with van der Waals surface area (Å²) >= 11 is 1.51. The Morgan fingerprint density at radius 3 is 2.41 bits per heavy atom. The zero-order valence-corrected chi connectivity index (χ0v) is 15.0. The van der Waals surface area contributed by atoms with Gasteiger partial charge in [-0.2, -0.15) is 5.26 Å². The molecule has 6 nitrogen and oxygen atoms in total. The van der Waals surface area contributed by atoms with E-state index in [1.54, 1.807) is 42.6 Å². The van der Waals surface area contributed by atoms with Gasteiger partial charge in [-0.1, -0.05) is 24.3 Å². The van der Waals surface area contributed by atoms with Gasteiger partial charge < -0.3 is 4.98 Å². The first-order chi connectivity index (χ1) is 13.2. The summed E-state index contributed by atoms with van der Waals surface area (Å²) in [5.74, 6) is -0.154. The van der Waals surface area contributed by atoms with E-state index in [4.69, 9.17) is 5.26 Å². The lowest BCUT2D eigenvalue weighted by Crippen LogP contribution is -2.41. The first-order valence-corrected chi connectivity index (χ1v) is 9.11. The molecular weight excluding hydrogens is 360 g/mol. The SMILES string of the molecule is N#Cc1ccc(CSc2ccccc2C(=O)NNC(=O)c2ccc[nH]2)cc1. The van der Waals surface area contributed by atoms with Gasteiger partial charge in [0.25, 0.3) is 11.8 Å².